The second-order valence-electron chi connectivity index (χ2n) is 9.82. The fourth-order valence-corrected chi connectivity index (χ4v) is 4.42. The molecule has 1 amide bonds. The third kappa shape index (κ3) is 14.6. The SMILES string of the molecule is C/C=C(\C(C)=N)C(=O)O.C=C(/C=C(/N=C/C(=O)N1CCCCCC1C)N(C)/C(=C\C)CC)c1ccc(C)cc1F.CC.CC. The molecule has 1 saturated heterocycles. The molecule has 1 unspecified atom stereocenters. The van der Waals surface area contributed by atoms with Gasteiger partial charge >= 0.3 is 5.97 Å². The maximum Gasteiger partial charge on any atom is 0.337 e. The van der Waals surface area contributed by atoms with Gasteiger partial charge in [-0.05, 0) is 77.2 Å². The van der Waals surface area contributed by atoms with Crippen molar-refractivity contribution in [1.82, 2.24) is 9.80 Å². The number of halogens is 1. The van der Waals surface area contributed by atoms with Gasteiger partial charge in [-0.1, -0.05) is 78.3 Å². The predicted molar refractivity (Wildman–Crippen MR) is 186 cm³/mol. The minimum atomic E-state index is -1.04. The van der Waals surface area contributed by atoms with Crippen LogP contribution in [0.1, 0.15) is 106 Å². The third-order valence-electron chi connectivity index (χ3n) is 6.81. The van der Waals surface area contributed by atoms with Gasteiger partial charge in [0.05, 0.1) is 11.8 Å². The first-order valence-corrected chi connectivity index (χ1v) is 15.7. The molecule has 246 valence electrons. The van der Waals surface area contributed by atoms with Crippen LogP contribution in [0, 0.1) is 18.2 Å². The molecule has 1 aliphatic heterocycles. The van der Waals surface area contributed by atoms with Crippen LogP contribution in [0.3, 0.4) is 0 Å². The number of carboxylic acids is 1. The summed E-state index contributed by atoms with van der Waals surface area (Å²) in [6, 6.07) is 5.29. The van der Waals surface area contributed by atoms with E-state index in [-0.39, 0.29) is 29.1 Å². The molecular weight excluding hydrogens is 555 g/mol. The second-order valence-corrected chi connectivity index (χ2v) is 9.82. The van der Waals surface area contributed by atoms with Gasteiger partial charge < -0.3 is 20.3 Å². The van der Waals surface area contributed by atoms with E-state index < -0.39 is 5.97 Å². The van der Waals surface area contributed by atoms with E-state index in [1.807, 2.05) is 70.5 Å². The summed E-state index contributed by atoms with van der Waals surface area (Å²) in [5.41, 5.74) is 3.00. The number of allylic oxidation sites excluding steroid dienone is 5. The van der Waals surface area contributed by atoms with Crippen LogP contribution >= 0.6 is 0 Å². The van der Waals surface area contributed by atoms with Gasteiger partial charge in [-0.15, -0.1) is 0 Å². The first-order valence-electron chi connectivity index (χ1n) is 15.7. The van der Waals surface area contributed by atoms with Crippen molar-refractivity contribution in [2.45, 2.75) is 107 Å². The maximum atomic E-state index is 14.5. The molecule has 1 atom stereocenters. The molecule has 0 aromatic heterocycles. The summed E-state index contributed by atoms with van der Waals surface area (Å²) in [4.78, 5) is 31.4. The van der Waals surface area contributed by atoms with E-state index in [0.717, 1.165) is 49.9 Å². The molecule has 1 aliphatic rings. The predicted octanol–water partition coefficient (Wildman–Crippen LogP) is 9.21. The number of nitrogens with zero attached hydrogens (tertiary/aromatic N) is 3. The van der Waals surface area contributed by atoms with E-state index in [2.05, 4.69) is 25.4 Å². The zero-order valence-corrected chi connectivity index (χ0v) is 29.1. The first-order chi connectivity index (χ1) is 20.9. The Bertz CT molecular complexity index is 1180. The van der Waals surface area contributed by atoms with E-state index in [1.54, 1.807) is 19.1 Å². The number of carbonyl (C=O) groups is 2. The number of amides is 1. The molecule has 7 nitrogen and oxygen atoms in total. The number of aliphatic imine (C=N–C) groups is 1. The van der Waals surface area contributed by atoms with E-state index >= 15 is 0 Å². The number of hydrogen-bond donors (Lipinski definition) is 2. The fraction of sp³-hybridized carbons (Fsp3) is 0.500. The Balaban J connectivity index is 0. The van der Waals surface area contributed by atoms with Gasteiger partial charge in [0.25, 0.3) is 5.91 Å². The number of likely N-dealkylation sites (tertiary alicyclic amines) is 1. The number of carboxylic acid groups (broad SMARTS) is 1. The smallest absolute Gasteiger partial charge is 0.337 e. The van der Waals surface area contributed by atoms with Gasteiger partial charge in [0.15, 0.2) is 0 Å². The average molecular weight is 613 g/mol. The van der Waals surface area contributed by atoms with Crippen LogP contribution in [0.2, 0.25) is 0 Å². The van der Waals surface area contributed by atoms with Gasteiger partial charge in [-0.3, -0.25) is 4.79 Å². The third-order valence-corrected chi connectivity index (χ3v) is 6.81. The molecule has 2 rings (SSSR count). The van der Waals surface area contributed by atoms with Crippen LogP contribution in [0.5, 0.6) is 0 Å². The minimum Gasteiger partial charge on any atom is -0.478 e. The van der Waals surface area contributed by atoms with Crippen molar-refractivity contribution >= 4 is 29.4 Å². The highest BCUT2D eigenvalue weighted by Crippen LogP contribution is 2.24. The van der Waals surface area contributed by atoms with Crippen LogP contribution in [-0.4, -0.2) is 58.3 Å². The monoisotopic (exact) mass is 612 g/mol. The molecule has 0 bridgehead atoms. The summed E-state index contributed by atoms with van der Waals surface area (Å²) in [6.45, 7) is 23.8. The van der Waals surface area contributed by atoms with Crippen LogP contribution in [0.15, 0.2) is 65.1 Å². The van der Waals surface area contributed by atoms with E-state index in [1.165, 1.54) is 25.3 Å². The Morgan fingerprint density at radius 1 is 1.16 bits per heavy atom. The molecule has 44 heavy (non-hydrogen) atoms. The minimum absolute atomic E-state index is 0.0648. The number of nitrogens with one attached hydrogen (secondary N) is 1. The molecule has 0 radical (unpaired) electrons. The fourth-order valence-electron chi connectivity index (χ4n) is 4.42. The molecule has 1 aromatic rings. The highest BCUT2D eigenvalue weighted by atomic mass is 19.1. The maximum absolute atomic E-state index is 14.5. The van der Waals surface area contributed by atoms with Crippen molar-refractivity contribution in [1.29, 1.82) is 5.41 Å². The summed E-state index contributed by atoms with van der Waals surface area (Å²) in [7, 11) is 1.90. The lowest BCUT2D eigenvalue weighted by Crippen LogP contribution is -2.39. The summed E-state index contributed by atoms with van der Waals surface area (Å²) in [5, 5.41) is 15.3. The van der Waals surface area contributed by atoms with Crippen molar-refractivity contribution in [3.63, 3.8) is 0 Å². The normalized spacial score (nSPS) is 15.4. The van der Waals surface area contributed by atoms with Gasteiger partial charge in [0.2, 0.25) is 0 Å². The van der Waals surface area contributed by atoms with Crippen molar-refractivity contribution in [3.05, 3.63) is 77.0 Å². The molecule has 8 heteroatoms. The average Bonchev–Trinajstić information content (AvgIpc) is 3.22. The number of aryl methyl sites for hydroxylation is 1. The number of carbonyl (C=O) groups excluding carboxylic acids is 1. The highest BCUT2D eigenvalue weighted by molar-refractivity contribution is 6.26. The molecule has 0 saturated carbocycles. The van der Waals surface area contributed by atoms with Gasteiger partial charge in [-0.2, -0.15) is 0 Å². The van der Waals surface area contributed by atoms with E-state index in [0.29, 0.717) is 17.0 Å². The molecule has 1 heterocycles. The number of hydrogen-bond acceptors (Lipinski definition) is 5. The molecule has 0 aliphatic carbocycles. The van der Waals surface area contributed by atoms with Gasteiger partial charge in [-0.25, -0.2) is 14.2 Å². The lowest BCUT2D eigenvalue weighted by atomic mass is 10.0. The van der Waals surface area contributed by atoms with Gasteiger partial charge in [0.1, 0.15) is 11.6 Å². The summed E-state index contributed by atoms with van der Waals surface area (Å²) in [5.74, 6) is -0.886. The van der Waals surface area contributed by atoms with E-state index in [4.69, 9.17) is 10.5 Å². The second kappa shape index (κ2) is 23.6. The molecule has 0 spiro atoms. The first kappa shape index (κ1) is 42.3. The van der Waals surface area contributed by atoms with Crippen LogP contribution in [0.25, 0.3) is 5.57 Å². The number of aliphatic carboxylic acids is 1. The Morgan fingerprint density at radius 3 is 2.23 bits per heavy atom. The zero-order valence-electron chi connectivity index (χ0n) is 29.1. The van der Waals surface area contributed by atoms with Crippen LogP contribution in [0.4, 0.5) is 4.39 Å². The molecule has 1 fully saturated rings. The molecule has 1 aromatic carbocycles. The Hall–Kier alpha value is -3.81. The highest BCUT2D eigenvalue weighted by Gasteiger charge is 2.21. The topological polar surface area (TPSA) is 97.1 Å². The number of rotatable bonds is 9. The quantitative estimate of drug-likeness (QED) is 0.165. The largest absolute Gasteiger partial charge is 0.478 e. The summed E-state index contributed by atoms with van der Waals surface area (Å²) < 4.78 is 14.5. The summed E-state index contributed by atoms with van der Waals surface area (Å²) in [6.07, 6.45) is 11.7. The summed E-state index contributed by atoms with van der Waals surface area (Å²) >= 11 is 0. The van der Waals surface area contributed by atoms with Crippen molar-refractivity contribution in [2.24, 2.45) is 4.99 Å². The Morgan fingerprint density at radius 2 is 1.77 bits per heavy atom. The molecular formula is C36H57FN4O3. The molecule has 2 N–H and O–H groups in total. The Kier molecular flexibility index (Phi) is 22.7. The van der Waals surface area contributed by atoms with Gasteiger partial charge in [0, 0.05) is 36.6 Å². The standard InChI is InChI=1S/C26H36FN3O.C6H9NO2.2C2H6/c1-7-22(8-2)29(6)25(17-20(4)23-14-13-19(3)16-24(23)27)28-18-26(31)30-15-11-9-10-12-21(30)5;1-3-5(4(2)7)6(8)9;2*1-2/h7,13-14,16-18,21H,4,8-12,15H2,1-3,5-6H3;3,7H,1-2H3,(H,8,9);2*1-2H3/b22-7-,25-17-,28-18+;5-3+,7-4?;;. The number of benzene rings is 1. The van der Waals surface area contributed by atoms with Crippen molar-refractivity contribution < 1.29 is 19.1 Å². The lowest BCUT2D eigenvalue weighted by molar-refractivity contribution is -0.132. The Labute approximate surface area is 266 Å². The van der Waals surface area contributed by atoms with E-state index in [9.17, 15) is 14.0 Å². The zero-order chi connectivity index (χ0) is 34.4. The van der Waals surface area contributed by atoms with Crippen LogP contribution in [-0.2, 0) is 9.59 Å². The van der Waals surface area contributed by atoms with Crippen LogP contribution < -0.4 is 0 Å². The van der Waals surface area contributed by atoms with Crippen molar-refractivity contribution in [2.75, 3.05) is 13.6 Å². The lowest BCUT2D eigenvalue weighted by Gasteiger charge is -2.26. The van der Waals surface area contributed by atoms with Crippen molar-refractivity contribution in [3.8, 4) is 0 Å².